The van der Waals surface area contributed by atoms with Crippen LogP contribution in [0.25, 0.3) is 22.3 Å². The number of fused-ring (bicyclic) bond motifs is 1. The van der Waals surface area contributed by atoms with Crippen LogP contribution in [0.15, 0.2) is 51.7 Å². The maximum Gasteiger partial charge on any atom is 0.229 e. The number of hydrogen-bond acceptors (Lipinski definition) is 10. The number of phenols is 1. The van der Waals surface area contributed by atoms with Gasteiger partial charge in [0.15, 0.2) is 16.9 Å². The summed E-state index contributed by atoms with van der Waals surface area (Å²) in [6.45, 7) is -0.586. The molecule has 3 aromatic rings. The van der Waals surface area contributed by atoms with Crippen molar-refractivity contribution in [2.45, 2.75) is 30.7 Å². The second kappa shape index (κ2) is 8.77. The standard InChI is InChI=1S/C22H22O10/c1-29-17-6-10(2-5-13(17)24)15-8-14(25)12-4-3-11(7-16(12)31-15)30-22-21(28)20(27)19(26)18(9-23)32-22/h2-8,18-24,26-28H,9H2,1H3/t18-,19-,20+,21-,22-/m1/s1. The van der Waals surface area contributed by atoms with Crippen LogP contribution in [-0.4, -0.2) is 70.0 Å². The molecule has 10 heteroatoms. The summed E-state index contributed by atoms with van der Waals surface area (Å²) >= 11 is 0. The molecule has 0 unspecified atom stereocenters. The summed E-state index contributed by atoms with van der Waals surface area (Å²) in [4.78, 5) is 12.6. The van der Waals surface area contributed by atoms with Gasteiger partial charge in [-0.1, -0.05) is 0 Å². The van der Waals surface area contributed by atoms with Crippen LogP contribution < -0.4 is 14.9 Å². The molecule has 0 aliphatic carbocycles. The van der Waals surface area contributed by atoms with Gasteiger partial charge in [0, 0.05) is 17.7 Å². The molecule has 10 nitrogen and oxygen atoms in total. The molecule has 0 bridgehead atoms. The molecule has 1 aromatic heterocycles. The number of phenolic OH excluding ortho intramolecular Hbond substituents is 1. The predicted molar refractivity (Wildman–Crippen MR) is 111 cm³/mol. The lowest BCUT2D eigenvalue weighted by atomic mass is 9.99. The number of benzene rings is 2. The summed E-state index contributed by atoms with van der Waals surface area (Å²) in [5.41, 5.74) is 0.369. The zero-order chi connectivity index (χ0) is 23.0. The molecule has 0 amide bonds. The molecule has 0 spiro atoms. The topological polar surface area (TPSA) is 159 Å². The Labute approximate surface area is 181 Å². The Bertz CT molecular complexity index is 1170. The Morgan fingerprint density at radius 1 is 1.00 bits per heavy atom. The molecule has 1 aliphatic heterocycles. The highest BCUT2D eigenvalue weighted by atomic mass is 16.7. The second-order valence-electron chi connectivity index (χ2n) is 7.33. The molecule has 2 heterocycles. The Kier molecular flexibility index (Phi) is 6.04. The molecule has 170 valence electrons. The van der Waals surface area contributed by atoms with Gasteiger partial charge >= 0.3 is 0 Å². The van der Waals surface area contributed by atoms with Crippen molar-refractivity contribution in [1.82, 2.24) is 0 Å². The average Bonchev–Trinajstić information content (AvgIpc) is 2.79. The minimum atomic E-state index is -1.58. The van der Waals surface area contributed by atoms with E-state index in [-0.39, 0.29) is 39.4 Å². The van der Waals surface area contributed by atoms with E-state index in [0.29, 0.717) is 5.56 Å². The first kappa shape index (κ1) is 22.1. The fourth-order valence-electron chi connectivity index (χ4n) is 3.48. The highest BCUT2D eigenvalue weighted by Crippen LogP contribution is 2.33. The van der Waals surface area contributed by atoms with Crippen LogP contribution in [0.2, 0.25) is 0 Å². The van der Waals surface area contributed by atoms with Gasteiger partial charge in [0.1, 0.15) is 41.5 Å². The van der Waals surface area contributed by atoms with E-state index >= 15 is 0 Å². The smallest absolute Gasteiger partial charge is 0.229 e. The molecule has 5 atom stereocenters. The first-order valence-corrected chi connectivity index (χ1v) is 9.75. The van der Waals surface area contributed by atoms with E-state index in [1.54, 1.807) is 6.07 Å². The van der Waals surface area contributed by atoms with Crippen molar-refractivity contribution in [2.75, 3.05) is 13.7 Å². The van der Waals surface area contributed by atoms with Crippen molar-refractivity contribution >= 4 is 11.0 Å². The number of aliphatic hydroxyl groups excluding tert-OH is 4. The minimum Gasteiger partial charge on any atom is -0.504 e. The molecule has 2 aromatic carbocycles. The zero-order valence-corrected chi connectivity index (χ0v) is 16.9. The third-order valence-electron chi connectivity index (χ3n) is 5.27. The summed E-state index contributed by atoms with van der Waals surface area (Å²) in [6, 6.07) is 10.2. The van der Waals surface area contributed by atoms with Gasteiger partial charge in [0.2, 0.25) is 6.29 Å². The molecular weight excluding hydrogens is 424 g/mol. The van der Waals surface area contributed by atoms with E-state index in [4.69, 9.17) is 18.6 Å². The van der Waals surface area contributed by atoms with Crippen LogP contribution in [-0.2, 0) is 4.74 Å². The normalized spacial score (nSPS) is 25.6. The fraction of sp³-hybridized carbons (Fsp3) is 0.318. The molecule has 1 aliphatic rings. The lowest BCUT2D eigenvalue weighted by Crippen LogP contribution is -2.60. The third-order valence-corrected chi connectivity index (χ3v) is 5.27. The molecule has 1 saturated heterocycles. The first-order valence-electron chi connectivity index (χ1n) is 9.75. The third kappa shape index (κ3) is 4.01. The van der Waals surface area contributed by atoms with Crippen molar-refractivity contribution in [3.8, 4) is 28.6 Å². The van der Waals surface area contributed by atoms with Crippen LogP contribution in [0.5, 0.6) is 17.2 Å². The average molecular weight is 446 g/mol. The molecular formula is C22H22O10. The van der Waals surface area contributed by atoms with Gasteiger partial charge in [-0.25, -0.2) is 0 Å². The largest absolute Gasteiger partial charge is 0.504 e. The Hall–Kier alpha value is -3.15. The minimum absolute atomic E-state index is 0.0606. The number of aromatic hydroxyl groups is 1. The van der Waals surface area contributed by atoms with E-state index in [1.165, 1.54) is 43.5 Å². The number of hydrogen-bond donors (Lipinski definition) is 5. The van der Waals surface area contributed by atoms with Gasteiger partial charge in [-0.3, -0.25) is 4.79 Å². The molecule has 0 saturated carbocycles. The number of ether oxygens (including phenoxy) is 3. The van der Waals surface area contributed by atoms with Crippen LogP contribution in [0.4, 0.5) is 0 Å². The maximum atomic E-state index is 12.6. The van der Waals surface area contributed by atoms with Crippen LogP contribution in [0.3, 0.4) is 0 Å². The van der Waals surface area contributed by atoms with Crippen LogP contribution >= 0.6 is 0 Å². The van der Waals surface area contributed by atoms with Crippen molar-refractivity contribution in [3.63, 3.8) is 0 Å². The summed E-state index contributed by atoms with van der Waals surface area (Å²) in [6.07, 6.45) is -7.16. The Balaban J connectivity index is 1.67. The van der Waals surface area contributed by atoms with Crippen molar-refractivity contribution < 1.29 is 44.2 Å². The molecule has 4 rings (SSSR count). The van der Waals surface area contributed by atoms with Crippen molar-refractivity contribution in [2.24, 2.45) is 0 Å². The van der Waals surface area contributed by atoms with Gasteiger partial charge in [-0.15, -0.1) is 0 Å². The SMILES string of the molecule is COc1cc(-c2cc(=O)c3ccc(O[C@@H]4O[C@H](CO)[C@@H](O)[C@H](O)[C@H]4O)cc3o2)ccc1O. The van der Waals surface area contributed by atoms with E-state index < -0.39 is 37.3 Å². The van der Waals surface area contributed by atoms with Crippen molar-refractivity contribution in [1.29, 1.82) is 0 Å². The zero-order valence-electron chi connectivity index (χ0n) is 16.9. The molecule has 5 N–H and O–H groups in total. The number of aliphatic hydroxyl groups is 4. The van der Waals surface area contributed by atoms with Gasteiger partial charge in [0.05, 0.1) is 19.1 Å². The maximum absolute atomic E-state index is 12.6. The first-order chi connectivity index (χ1) is 15.3. The number of rotatable bonds is 5. The van der Waals surface area contributed by atoms with Gasteiger partial charge < -0.3 is 44.2 Å². The van der Waals surface area contributed by atoms with Crippen molar-refractivity contribution in [3.05, 3.63) is 52.7 Å². The lowest BCUT2D eigenvalue weighted by molar-refractivity contribution is -0.277. The van der Waals surface area contributed by atoms with Gasteiger partial charge in [0.25, 0.3) is 0 Å². The van der Waals surface area contributed by atoms with E-state index in [1.807, 2.05) is 0 Å². The van der Waals surface area contributed by atoms with E-state index in [2.05, 4.69) is 0 Å². The molecule has 32 heavy (non-hydrogen) atoms. The van der Waals surface area contributed by atoms with Gasteiger partial charge in [-0.2, -0.15) is 0 Å². The summed E-state index contributed by atoms with van der Waals surface area (Å²) < 4.78 is 21.9. The van der Waals surface area contributed by atoms with E-state index in [0.717, 1.165) is 0 Å². The lowest BCUT2D eigenvalue weighted by Gasteiger charge is -2.39. The summed E-state index contributed by atoms with van der Waals surface area (Å²) in [5.74, 6) is 0.538. The van der Waals surface area contributed by atoms with Crippen LogP contribution in [0.1, 0.15) is 0 Å². The van der Waals surface area contributed by atoms with Gasteiger partial charge in [-0.05, 0) is 30.3 Å². The highest BCUT2D eigenvalue weighted by molar-refractivity contribution is 5.80. The Morgan fingerprint density at radius 3 is 2.50 bits per heavy atom. The van der Waals surface area contributed by atoms with E-state index in [9.17, 15) is 30.3 Å². The predicted octanol–water partition coefficient (Wildman–Crippen LogP) is 0.353. The molecule has 1 fully saturated rings. The molecule has 0 radical (unpaired) electrons. The monoisotopic (exact) mass is 446 g/mol. The fourth-order valence-corrected chi connectivity index (χ4v) is 3.48. The second-order valence-corrected chi connectivity index (χ2v) is 7.33. The quantitative estimate of drug-likeness (QED) is 0.370. The van der Waals surface area contributed by atoms with Crippen LogP contribution in [0, 0.1) is 0 Å². The summed E-state index contributed by atoms with van der Waals surface area (Å²) in [5, 5.41) is 49.3. The summed E-state index contributed by atoms with van der Waals surface area (Å²) in [7, 11) is 1.40. The number of methoxy groups -OCH3 is 1. The Morgan fingerprint density at radius 2 is 1.78 bits per heavy atom. The highest BCUT2D eigenvalue weighted by Gasteiger charge is 2.44.